The van der Waals surface area contributed by atoms with Crippen LogP contribution in [-0.2, 0) is 14.2 Å². The molecule has 1 atom stereocenters. The van der Waals surface area contributed by atoms with Gasteiger partial charge in [0.15, 0.2) is 5.12 Å². The van der Waals surface area contributed by atoms with E-state index in [-0.39, 0.29) is 11.5 Å². The molecule has 0 bridgehead atoms. The highest BCUT2D eigenvalue weighted by Crippen LogP contribution is 2.38. The van der Waals surface area contributed by atoms with Gasteiger partial charge in [0.25, 0.3) is 0 Å². The first-order chi connectivity index (χ1) is 5.73. The molecule has 0 saturated carbocycles. The molecule has 5 nitrogen and oxygen atoms in total. The van der Waals surface area contributed by atoms with Gasteiger partial charge in [0.2, 0.25) is 5.52 Å². The fourth-order valence-corrected chi connectivity index (χ4v) is 2.13. The van der Waals surface area contributed by atoms with Crippen molar-refractivity contribution in [3.63, 3.8) is 0 Å². The Morgan fingerprint density at radius 1 is 1.46 bits per heavy atom. The summed E-state index contributed by atoms with van der Waals surface area (Å²) in [6.45, 7) is 2.91. The molecule has 0 aliphatic carbocycles. The summed E-state index contributed by atoms with van der Waals surface area (Å²) in [7, 11) is -4.62. The molecule has 0 heterocycles. The molecule has 0 aliphatic rings. The van der Waals surface area contributed by atoms with Crippen molar-refractivity contribution in [2.75, 3.05) is 0 Å². The Labute approximate surface area is 80.1 Å². The van der Waals surface area contributed by atoms with Crippen LogP contribution in [0.5, 0.6) is 0 Å². The summed E-state index contributed by atoms with van der Waals surface area (Å²) in [5.74, 6) is 0. The highest BCUT2D eigenvalue weighted by atomic mass is 32.2. The normalized spacial score (nSPS) is 13.8. The first kappa shape index (κ1) is 12.8. The molecule has 7 heteroatoms. The first-order valence-corrected chi connectivity index (χ1v) is 5.99. The van der Waals surface area contributed by atoms with E-state index in [1.165, 1.54) is 6.92 Å². The molecule has 0 aromatic carbocycles. The van der Waals surface area contributed by atoms with E-state index >= 15 is 0 Å². The minimum Gasteiger partial charge on any atom is -0.319 e. The Bertz CT molecular complexity index is 258. The summed E-state index contributed by atoms with van der Waals surface area (Å²) in [6.07, 6.45) is -0.283. The van der Waals surface area contributed by atoms with Crippen LogP contribution in [0.1, 0.15) is 20.3 Å². The van der Waals surface area contributed by atoms with Crippen molar-refractivity contribution >= 4 is 30.0 Å². The van der Waals surface area contributed by atoms with Crippen LogP contribution in [0.2, 0.25) is 0 Å². The van der Waals surface area contributed by atoms with E-state index in [9.17, 15) is 14.2 Å². The van der Waals surface area contributed by atoms with E-state index in [1.54, 1.807) is 6.92 Å². The average Bonchev–Trinajstić information content (AvgIpc) is 1.82. The van der Waals surface area contributed by atoms with Gasteiger partial charge in [0, 0.05) is 18.6 Å². The lowest BCUT2D eigenvalue weighted by molar-refractivity contribution is -0.113. The van der Waals surface area contributed by atoms with E-state index in [2.05, 4.69) is 0 Å². The molecule has 0 spiro atoms. The van der Waals surface area contributed by atoms with Crippen molar-refractivity contribution < 1.29 is 23.9 Å². The number of hydrogen-bond acceptors (Lipinski definition) is 4. The Hall–Kier alpha value is -0.160. The summed E-state index contributed by atoms with van der Waals surface area (Å²) < 4.78 is 10.4. The minimum atomic E-state index is -4.62. The molecule has 0 fully saturated rings. The molecule has 0 saturated heterocycles. The fourth-order valence-electron chi connectivity index (χ4n) is 0.690. The van der Waals surface area contributed by atoms with E-state index in [1.807, 2.05) is 0 Å². The van der Waals surface area contributed by atoms with Gasteiger partial charge in [-0.15, -0.1) is 0 Å². The van der Waals surface area contributed by atoms with Crippen LogP contribution in [0.15, 0.2) is 0 Å². The third-order valence-corrected chi connectivity index (χ3v) is 2.89. The molecule has 0 aliphatic heterocycles. The van der Waals surface area contributed by atoms with Crippen molar-refractivity contribution in [1.29, 1.82) is 0 Å². The summed E-state index contributed by atoms with van der Waals surface area (Å²) in [5, 5.41) is -0.566. The smallest absolute Gasteiger partial charge is 0.319 e. The Morgan fingerprint density at radius 3 is 2.23 bits per heavy atom. The molecule has 2 N–H and O–H groups in total. The van der Waals surface area contributed by atoms with Crippen LogP contribution in [0.3, 0.4) is 0 Å². The van der Waals surface area contributed by atoms with Gasteiger partial charge < -0.3 is 9.79 Å². The van der Waals surface area contributed by atoms with E-state index < -0.39 is 18.4 Å². The molecule has 0 aromatic rings. The van der Waals surface area contributed by atoms with Gasteiger partial charge in [-0.25, -0.2) is 0 Å². The second-order valence-corrected chi connectivity index (χ2v) is 5.76. The summed E-state index contributed by atoms with van der Waals surface area (Å²) >= 11 is 0.896. The summed E-state index contributed by atoms with van der Waals surface area (Å²) in [4.78, 5) is 38.2. The molecule has 0 rings (SSSR count). The third kappa shape index (κ3) is 5.99. The lowest BCUT2D eigenvalue weighted by Crippen LogP contribution is -2.08. The van der Waals surface area contributed by atoms with Crippen molar-refractivity contribution in [2.45, 2.75) is 25.5 Å². The molecule has 1 unspecified atom stereocenters. The first-order valence-electron chi connectivity index (χ1n) is 3.49. The largest absolute Gasteiger partial charge is 0.391 e. The van der Waals surface area contributed by atoms with Crippen LogP contribution in [0.4, 0.5) is 0 Å². The quantitative estimate of drug-likeness (QED) is 0.687. The number of hydrogen-bond donors (Lipinski definition) is 2. The maximum Gasteiger partial charge on any atom is 0.391 e. The fraction of sp³-hybridized carbons (Fsp3) is 0.667. The van der Waals surface area contributed by atoms with Crippen LogP contribution in [0, 0.1) is 0 Å². The lowest BCUT2D eigenvalue weighted by Gasteiger charge is -2.07. The van der Waals surface area contributed by atoms with Gasteiger partial charge >= 0.3 is 7.60 Å². The summed E-state index contributed by atoms with van der Waals surface area (Å²) in [6, 6.07) is 0. The highest BCUT2D eigenvalue weighted by Gasteiger charge is 2.27. The second-order valence-electron chi connectivity index (χ2n) is 2.56. The van der Waals surface area contributed by atoms with Crippen molar-refractivity contribution in [1.82, 2.24) is 0 Å². The molecular weight excluding hydrogens is 215 g/mol. The average molecular weight is 226 g/mol. The minimum absolute atomic E-state index is 0.175. The van der Waals surface area contributed by atoms with E-state index in [0.29, 0.717) is 0 Å². The number of thioether (sulfide) groups is 1. The number of carbonyl (C=O) groups is 2. The summed E-state index contributed by atoms with van der Waals surface area (Å²) in [5.41, 5.74) is -1.12. The van der Waals surface area contributed by atoms with Gasteiger partial charge in [0.05, 0.1) is 0 Å². The highest BCUT2D eigenvalue weighted by molar-refractivity contribution is 8.14. The van der Waals surface area contributed by atoms with Crippen molar-refractivity contribution in [3.8, 4) is 0 Å². The van der Waals surface area contributed by atoms with E-state index in [4.69, 9.17) is 9.79 Å². The maximum atomic E-state index is 10.8. The van der Waals surface area contributed by atoms with Crippen LogP contribution < -0.4 is 0 Å². The third-order valence-electron chi connectivity index (χ3n) is 1.15. The van der Waals surface area contributed by atoms with Crippen LogP contribution in [-0.4, -0.2) is 25.7 Å². The monoisotopic (exact) mass is 226 g/mol. The Balaban J connectivity index is 4.08. The SMILES string of the molecule is CC(=O)SC(C)CC(=O)P(=O)(O)O. The zero-order valence-electron chi connectivity index (χ0n) is 7.26. The molecule has 0 amide bonds. The lowest BCUT2D eigenvalue weighted by atomic mass is 10.4. The van der Waals surface area contributed by atoms with Gasteiger partial charge in [-0.05, 0) is 0 Å². The predicted molar refractivity (Wildman–Crippen MR) is 49.4 cm³/mol. The standard InChI is InChI=1S/C6H11O5PS/c1-4(13-5(2)7)3-6(8)12(9,10)11/h4H,3H2,1-2H3,(H2,9,10,11). The molecule has 76 valence electrons. The Kier molecular flexibility index (Phi) is 4.85. The van der Waals surface area contributed by atoms with Gasteiger partial charge in [-0.1, -0.05) is 18.7 Å². The Morgan fingerprint density at radius 2 is 1.92 bits per heavy atom. The van der Waals surface area contributed by atoms with E-state index in [0.717, 1.165) is 11.8 Å². The number of rotatable bonds is 4. The molecule has 0 radical (unpaired) electrons. The maximum absolute atomic E-state index is 10.8. The molecule has 13 heavy (non-hydrogen) atoms. The van der Waals surface area contributed by atoms with Crippen LogP contribution in [0.25, 0.3) is 0 Å². The van der Waals surface area contributed by atoms with Crippen LogP contribution >= 0.6 is 19.4 Å². The van der Waals surface area contributed by atoms with Gasteiger partial charge in [-0.2, -0.15) is 0 Å². The second kappa shape index (κ2) is 4.91. The number of carbonyl (C=O) groups excluding carboxylic acids is 2. The van der Waals surface area contributed by atoms with Gasteiger partial charge in [0.1, 0.15) is 0 Å². The zero-order chi connectivity index (χ0) is 10.6. The molecule has 0 aromatic heterocycles. The predicted octanol–water partition coefficient (Wildman–Crippen LogP) is 0.749. The topological polar surface area (TPSA) is 91.7 Å². The van der Waals surface area contributed by atoms with Gasteiger partial charge in [-0.3, -0.25) is 14.2 Å². The zero-order valence-corrected chi connectivity index (χ0v) is 8.97. The van der Waals surface area contributed by atoms with Crippen molar-refractivity contribution in [3.05, 3.63) is 0 Å². The van der Waals surface area contributed by atoms with Crippen molar-refractivity contribution in [2.24, 2.45) is 0 Å². The molecular formula is C6H11O5PS.